The van der Waals surface area contributed by atoms with E-state index in [-0.39, 0.29) is 24.8 Å². The van der Waals surface area contributed by atoms with Crippen molar-refractivity contribution in [1.29, 1.82) is 0 Å². The van der Waals surface area contributed by atoms with Gasteiger partial charge in [-0.3, -0.25) is 9.59 Å². The van der Waals surface area contributed by atoms with Crippen molar-refractivity contribution in [2.45, 2.75) is 12.8 Å². The molecule has 2 amide bonds. The molecule has 0 radical (unpaired) electrons. The zero-order valence-electron chi connectivity index (χ0n) is 16.9. The predicted molar refractivity (Wildman–Crippen MR) is 121 cm³/mol. The number of rotatable bonds is 7. The Morgan fingerprint density at radius 3 is 2.47 bits per heavy atom. The lowest BCUT2D eigenvalue weighted by molar-refractivity contribution is -0.133. The fourth-order valence-corrected chi connectivity index (χ4v) is 3.74. The van der Waals surface area contributed by atoms with Crippen LogP contribution in [0.1, 0.15) is 12.0 Å². The van der Waals surface area contributed by atoms with Crippen LogP contribution in [0, 0.1) is 0 Å². The number of morpholine rings is 1. The quantitative estimate of drug-likeness (QED) is 0.696. The van der Waals surface area contributed by atoms with Gasteiger partial charge in [0.15, 0.2) is 0 Å². The zero-order valence-corrected chi connectivity index (χ0v) is 18.4. The molecule has 2 aromatic carbocycles. The minimum absolute atomic E-state index is 0.0155. The summed E-state index contributed by atoms with van der Waals surface area (Å²) in [5, 5.41) is 3.93. The molecule has 30 heavy (non-hydrogen) atoms. The molecule has 160 valence electrons. The van der Waals surface area contributed by atoms with Crippen LogP contribution >= 0.6 is 23.2 Å². The number of carbonyl (C=O) groups excluding carboxylic acids is 2. The molecule has 0 atom stereocenters. The Hall–Kier alpha value is -2.28. The minimum Gasteiger partial charge on any atom is -0.378 e. The maximum absolute atomic E-state index is 12.4. The number of carbonyl (C=O) groups is 2. The lowest BCUT2D eigenvalue weighted by Gasteiger charge is -2.28. The van der Waals surface area contributed by atoms with Crippen molar-refractivity contribution in [1.82, 2.24) is 4.90 Å². The molecule has 0 aliphatic carbocycles. The molecule has 8 heteroatoms. The van der Waals surface area contributed by atoms with Gasteiger partial charge in [0.25, 0.3) is 0 Å². The first-order valence-electron chi connectivity index (χ1n) is 9.83. The highest BCUT2D eigenvalue weighted by molar-refractivity contribution is 6.35. The molecule has 0 spiro atoms. The Labute approximate surface area is 186 Å². The number of hydrogen-bond donors (Lipinski definition) is 1. The number of anilines is 2. The van der Waals surface area contributed by atoms with Crippen molar-refractivity contribution in [3.63, 3.8) is 0 Å². The summed E-state index contributed by atoms with van der Waals surface area (Å²) < 4.78 is 5.36. The molecule has 0 aromatic heterocycles. The molecule has 2 aromatic rings. The van der Waals surface area contributed by atoms with Gasteiger partial charge < -0.3 is 19.9 Å². The number of nitrogens with zero attached hydrogens (tertiary/aromatic N) is 2. The van der Waals surface area contributed by atoms with Crippen molar-refractivity contribution in [3.8, 4) is 0 Å². The van der Waals surface area contributed by atoms with Crippen LogP contribution in [0.3, 0.4) is 0 Å². The number of nitrogens with one attached hydrogen (secondary N) is 1. The average molecular weight is 450 g/mol. The van der Waals surface area contributed by atoms with Crippen LogP contribution in [-0.2, 0) is 20.7 Å². The summed E-state index contributed by atoms with van der Waals surface area (Å²) >= 11 is 12.0. The van der Waals surface area contributed by atoms with Gasteiger partial charge in [-0.05, 0) is 48.4 Å². The van der Waals surface area contributed by atoms with Crippen LogP contribution in [0.5, 0.6) is 0 Å². The number of benzene rings is 2. The van der Waals surface area contributed by atoms with Gasteiger partial charge in [0.2, 0.25) is 11.8 Å². The molecule has 0 bridgehead atoms. The van der Waals surface area contributed by atoms with Gasteiger partial charge >= 0.3 is 0 Å². The molecule has 1 N–H and O–H groups in total. The molecule has 6 nitrogen and oxygen atoms in total. The van der Waals surface area contributed by atoms with Gasteiger partial charge in [-0.2, -0.15) is 0 Å². The van der Waals surface area contributed by atoms with Crippen LogP contribution in [0.25, 0.3) is 0 Å². The molecule has 3 rings (SSSR count). The third-order valence-electron chi connectivity index (χ3n) is 4.96. The maximum atomic E-state index is 12.4. The molecular formula is C22H25Cl2N3O3. The van der Waals surface area contributed by atoms with E-state index in [9.17, 15) is 9.59 Å². The fraction of sp³-hybridized carbons (Fsp3) is 0.364. The summed E-state index contributed by atoms with van der Waals surface area (Å²) in [6.07, 6.45) is 0.753. The second kappa shape index (κ2) is 10.7. The van der Waals surface area contributed by atoms with E-state index >= 15 is 0 Å². The topological polar surface area (TPSA) is 61.9 Å². The highest BCUT2D eigenvalue weighted by Gasteiger charge is 2.15. The lowest BCUT2D eigenvalue weighted by atomic mass is 10.1. The van der Waals surface area contributed by atoms with Gasteiger partial charge in [-0.25, -0.2) is 0 Å². The SMILES string of the molecule is CN(CC(=O)Nc1ccc(N2CCOCC2)cc1)C(=O)CCc1ccc(Cl)cc1Cl. The number of hydrogen-bond acceptors (Lipinski definition) is 4. The molecular weight excluding hydrogens is 425 g/mol. The summed E-state index contributed by atoms with van der Waals surface area (Å²) in [5.41, 5.74) is 2.66. The smallest absolute Gasteiger partial charge is 0.243 e. The molecule has 1 aliphatic heterocycles. The number of halogens is 2. The Morgan fingerprint density at radius 1 is 1.10 bits per heavy atom. The first-order valence-corrected chi connectivity index (χ1v) is 10.6. The maximum Gasteiger partial charge on any atom is 0.243 e. The van der Waals surface area contributed by atoms with Crippen molar-refractivity contribution in [2.75, 3.05) is 50.1 Å². The second-order valence-electron chi connectivity index (χ2n) is 7.18. The third kappa shape index (κ3) is 6.36. The summed E-state index contributed by atoms with van der Waals surface area (Å²) in [5.74, 6) is -0.367. The predicted octanol–water partition coefficient (Wildman–Crippen LogP) is 3.86. The minimum atomic E-state index is -0.241. The van der Waals surface area contributed by atoms with Crippen LogP contribution in [0.15, 0.2) is 42.5 Å². The van der Waals surface area contributed by atoms with Crippen molar-refractivity contribution in [2.24, 2.45) is 0 Å². The van der Waals surface area contributed by atoms with E-state index in [2.05, 4.69) is 10.2 Å². The summed E-state index contributed by atoms with van der Waals surface area (Å²) in [4.78, 5) is 28.3. The number of ether oxygens (including phenoxy) is 1. The normalized spacial score (nSPS) is 13.8. The monoisotopic (exact) mass is 449 g/mol. The standard InChI is InChI=1S/C22H25Cl2N3O3/c1-26(22(29)9-3-16-2-4-17(23)14-20(16)24)15-21(28)25-18-5-7-19(8-6-18)27-10-12-30-13-11-27/h2,4-8,14H,3,9-13,15H2,1H3,(H,25,28). The van der Waals surface area contributed by atoms with E-state index in [4.69, 9.17) is 27.9 Å². The van der Waals surface area contributed by atoms with E-state index in [1.807, 2.05) is 30.3 Å². The van der Waals surface area contributed by atoms with Crippen LogP contribution < -0.4 is 10.2 Å². The van der Waals surface area contributed by atoms with Gasteiger partial charge in [0.05, 0.1) is 19.8 Å². The summed E-state index contributed by atoms with van der Waals surface area (Å²) in [7, 11) is 1.62. The number of amides is 2. The van der Waals surface area contributed by atoms with Crippen molar-refractivity contribution >= 4 is 46.4 Å². The van der Waals surface area contributed by atoms with Gasteiger partial charge in [-0.1, -0.05) is 29.3 Å². The largest absolute Gasteiger partial charge is 0.378 e. The van der Waals surface area contributed by atoms with Crippen molar-refractivity contribution in [3.05, 3.63) is 58.1 Å². The van der Waals surface area contributed by atoms with Gasteiger partial charge in [-0.15, -0.1) is 0 Å². The molecule has 0 unspecified atom stereocenters. The first kappa shape index (κ1) is 22.4. The van der Waals surface area contributed by atoms with Crippen LogP contribution in [0.4, 0.5) is 11.4 Å². The molecule has 1 aliphatic rings. The van der Waals surface area contributed by atoms with Crippen molar-refractivity contribution < 1.29 is 14.3 Å². The number of likely N-dealkylation sites (N-methyl/N-ethyl adjacent to an activating group) is 1. The van der Waals surface area contributed by atoms with Gasteiger partial charge in [0, 0.05) is 48.0 Å². The Kier molecular flexibility index (Phi) is 7.96. The fourth-order valence-electron chi connectivity index (χ4n) is 3.24. The second-order valence-corrected chi connectivity index (χ2v) is 8.02. The van der Waals surface area contributed by atoms with Crippen LogP contribution in [0.2, 0.25) is 10.0 Å². The third-order valence-corrected chi connectivity index (χ3v) is 5.54. The Bertz CT molecular complexity index is 884. The molecule has 1 saturated heterocycles. The molecule has 1 fully saturated rings. The first-order chi connectivity index (χ1) is 14.4. The Morgan fingerprint density at radius 2 is 1.80 bits per heavy atom. The van der Waals surface area contributed by atoms with E-state index in [1.54, 1.807) is 19.2 Å². The van der Waals surface area contributed by atoms with Gasteiger partial charge in [0.1, 0.15) is 0 Å². The summed E-state index contributed by atoms with van der Waals surface area (Å²) in [6, 6.07) is 12.9. The summed E-state index contributed by atoms with van der Waals surface area (Å²) in [6.45, 7) is 3.16. The van der Waals surface area contributed by atoms with E-state index in [1.165, 1.54) is 4.90 Å². The zero-order chi connectivity index (χ0) is 21.5. The van der Waals surface area contributed by atoms with E-state index < -0.39 is 0 Å². The van der Waals surface area contributed by atoms with E-state index in [0.29, 0.717) is 22.2 Å². The molecule has 0 saturated carbocycles. The Balaban J connectivity index is 1.45. The number of aryl methyl sites for hydroxylation is 1. The van der Waals surface area contributed by atoms with Crippen LogP contribution in [-0.4, -0.2) is 56.6 Å². The molecule has 1 heterocycles. The average Bonchev–Trinajstić information content (AvgIpc) is 2.74. The lowest BCUT2D eigenvalue weighted by Crippen LogP contribution is -2.36. The van der Waals surface area contributed by atoms with E-state index in [0.717, 1.165) is 37.6 Å². The highest BCUT2D eigenvalue weighted by atomic mass is 35.5. The highest BCUT2D eigenvalue weighted by Crippen LogP contribution is 2.22.